The summed E-state index contributed by atoms with van der Waals surface area (Å²) < 4.78 is 0. The van der Waals surface area contributed by atoms with E-state index >= 15 is 0 Å². The third-order valence-electron chi connectivity index (χ3n) is 4.60. The molecule has 0 heterocycles. The van der Waals surface area contributed by atoms with Crippen molar-refractivity contribution in [3.05, 3.63) is 34.9 Å². The predicted octanol–water partition coefficient (Wildman–Crippen LogP) is 5.74. The van der Waals surface area contributed by atoms with E-state index in [1.54, 1.807) is 16.7 Å². The van der Waals surface area contributed by atoms with Crippen LogP contribution in [0, 0.1) is 11.3 Å². The fourth-order valence-corrected chi connectivity index (χ4v) is 3.08. The van der Waals surface area contributed by atoms with Crippen molar-refractivity contribution < 1.29 is 0 Å². The first-order valence-electron chi connectivity index (χ1n) is 7.97. The zero-order valence-electron chi connectivity index (χ0n) is 13.4. The lowest BCUT2D eigenvalue weighted by atomic mass is 9.81. The summed E-state index contributed by atoms with van der Waals surface area (Å²) in [5.41, 5.74) is 5.24. The van der Waals surface area contributed by atoms with Crippen molar-refractivity contribution >= 4 is 0 Å². The average molecular weight is 258 g/mol. The molecule has 0 unspecified atom stereocenters. The first-order valence-corrected chi connectivity index (χ1v) is 7.97. The highest BCUT2D eigenvalue weighted by Crippen LogP contribution is 2.32. The van der Waals surface area contributed by atoms with Crippen molar-refractivity contribution in [2.24, 2.45) is 11.3 Å². The fourth-order valence-electron chi connectivity index (χ4n) is 3.08. The van der Waals surface area contributed by atoms with Gasteiger partial charge in [0.2, 0.25) is 0 Å². The van der Waals surface area contributed by atoms with Gasteiger partial charge < -0.3 is 0 Å². The molecule has 2 rings (SSSR count). The molecule has 0 amide bonds. The van der Waals surface area contributed by atoms with Gasteiger partial charge in [0.1, 0.15) is 0 Å². The highest BCUT2D eigenvalue weighted by molar-refractivity contribution is 5.35. The third-order valence-corrected chi connectivity index (χ3v) is 4.60. The second kappa shape index (κ2) is 5.69. The highest BCUT2D eigenvalue weighted by atomic mass is 14.2. The van der Waals surface area contributed by atoms with Gasteiger partial charge in [0, 0.05) is 0 Å². The maximum absolute atomic E-state index is 2.49. The van der Waals surface area contributed by atoms with Crippen LogP contribution in [0.2, 0.25) is 0 Å². The number of rotatable bonds is 3. The van der Waals surface area contributed by atoms with Gasteiger partial charge in [-0.15, -0.1) is 0 Å². The topological polar surface area (TPSA) is 0 Å². The summed E-state index contributed by atoms with van der Waals surface area (Å²) in [5, 5.41) is 0. The van der Waals surface area contributed by atoms with Gasteiger partial charge in [-0.3, -0.25) is 0 Å². The minimum Gasteiger partial charge on any atom is -0.0622 e. The Hall–Kier alpha value is -0.780. The summed E-state index contributed by atoms with van der Waals surface area (Å²) in [6.45, 7) is 11.8. The Morgan fingerprint density at radius 3 is 2.63 bits per heavy atom. The molecule has 0 heteroatoms. The Kier molecular flexibility index (Phi) is 4.38. The molecule has 1 aromatic rings. The standard InChI is InChI=1S/C19H30/c1-14-6-7-18-13-16(8-9-17(18)12-14)15(2)10-11-19(3,4)5/h8-9,13-15H,6-7,10-12H2,1-5H3/t14-,15+/m0/s1. The molecule has 0 bridgehead atoms. The van der Waals surface area contributed by atoms with Crippen LogP contribution in [0.5, 0.6) is 0 Å². The highest BCUT2D eigenvalue weighted by Gasteiger charge is 2.18. The van der Waals surface area contributed by atoms with Crippen molar-refractivity contribution in [2.45, 2.75) is 72.6 Å². The molecule has 0 aliphatic heterocycles. The summed E-state index contributed by atoms with van der Waals surface area (Å²) in [6, 6.07) is 7.27. The van der Waals surface area contributed by atoms with Crippen LogP contribution in [0.4, 0.5) is 0 Å². The van der Waals surface area contributed by atoms with Gasteiger partial charge in [-0.1, -0.05) is 52.8 Å². The summed E-state index contributed by atoms with van der Waals surface area (Å²) in [4.78, 5) is 0. The molecule has 1 aliphatic rings. The van der Waals surface area contributed by atoms with Gasteiger partial charge in [-0.2, -0.15) is 0 Å². The Morgan fingerprint density at radius 1 is 1.21 bits per heavy atom. The van der Waals surface area contributed by atoms with Gasteiger partial charge in [0.05, 0.1) is 0 Å². The number of hydrogen-bond donors (Lipinski definition) is 0. The van der Waals surface area contributed by atoms with Crippen molar-refractivity contribution in [2.75, 3.05) is 0 Å². The largest absolute Gasteiger partial charge is 0.0622 e. The molecule has 0 saturated heterocycles. The number of aryl methyl sites for hydroxylation is 1. The van der Waals surface area contributed by atoms with E-state index in [1.165, 1.54) is 32.1 Å². The first kappa shape index (κ1) is 14.6. The van der Waals surface area contributed by atoms with E-state index in [4.69, 9.17) is 0 Å². The van der Waals surface area contributed by atoms with Crippen LogP contribution < -0.4 is 0 Å². The van der Waals surface area contributed by atoms with Crippen LogP contribution in [0.15, 0.2) is 18.2 Å². The number of hydrogen-bond acceptors (Lipinski definition) is 0. The van der Waals surface area contributed by atoms with Crippen molar-refractivity contribution in [1.29, 1.82) is 0 Å². The lowest BCUT2D eigenvalue weighted by Gasteiger charge is -2.24. The molecule has 1 aromatic carbocycles. The normalized spacial score (nSPS) is 21.0. The molecule has 1 aliphatic carbocycles. The summed E-state index contributed by atoms with van der Waals surface area (Å²) in [7, 11) is 0. The molecule has 2 atom stereocenters. The lowest BCUT2D eigenvalue weighted by Crippen LogP contribution is -2.12. The van der Waals surface area contributed by atoms with E-state index in [9.17, 15) is 0 Å². The van der Waals surface area contributed by atoms with Crippen LogP contribution in [-0.4, -0.2) is 0 Å². The summed E-state index contributed by atoms with van der Waals surface area (Å²) in [6.07, 6.45) is 6.55. The average Bonchev–Trinajstić information content (AvgIpc) is 2.34. The molecule has 19 heavy (non-hydrogen) atoms. The minimum absolute atomic E-state index is 0.456. The monoisotopic (exact) mass is 258 g/mol. The van der Waals surface area contributed by atoms with Gasteiger partial charge >= 0.3 is 0 Å². The molecular weight excluding hydrogens is 228 g/mol. The Balaban J connectivity index is 2.05. The van der Waals surface area contributed by atoms with Crippen LogP contribution >= 0.6 is 0 Å². The predicted molar refractivity (Wildman–Crippen MR) is 84.7 cm³/mol. The Bertz CT molecular complexity index is 422. The molecule has 0 saturated carbocycles. The Morgan fingerprint density at radius 2 is 1.95 bits per heavy atom. The van der Waals surface area contributed by atoms with Gasteiger partial charge in [-0.25, -0.2) is 0 Å². The van der Waals surface area contributed by atoms with E-state index in [2.05, 4.69) is 52.8 Å². The fraction of sp³-hybridized carbons (Fsp3) is 0.684. The van der Waals surface area contributed by atoms with Crippen molar-refractivity contribution in [3.63, 3.8) is 0 Å². The van der Waals surface area contributed by atoms with Crippen molar-refractivity contribution in [3.8, 4) is 0 Å². The van der Waals surface area contributed by atoms with Gasteiger partial charge in [0.25, 0.3) is 0 Å². The van der Waals surface area contributed by atoms with E-state index in [-0.39, 0.29) is 0 Å². The van der Waals surface area contributed by atoms with Crippen LogP contribution in [0.25, 0.3) is 0 Å². The third kappa shape index (κ3) is 4.09. The molecule has 0 radical (unpaired) electrons. The minimum atomic E-state index is 0.456. The zero-order valence-corrected chi connectivity index (χ0v) is 13.4. The quantitative estimate of drug-likeness (QED) is 0.648. The molecule has 0 aromatic heterocycles. The molecule has 0 N–H and O–H groups in total. The summed E-state index contributed by atoms with van der Waals surface area (Å²) in [5.74, 6) is 1.57. The van der Waals surface area contributed by atoms with Crippen LogP contribution in [-0.2, 0) is 12.8 Å². The Labute approximate surface area is 119 Å². The lowest BCUT2D eigenvalue weighted by molar-refractivity contribution is 0.352. The number of benzene rings is 1. The SMILES string of the molecule is C[C@H]1CCc2cc([C@H](C)CCC(C)(C)C)ccc2C1. The molecule has 0 nitrogen and oxygen atoms in total. The molecule has 0 spiro atoms. The van der Waals surface area contributed by atoms with E-state index < -0.39 is 0 Å². The maximum atomic E-state index is 2.49. The van der Waals surface area contributed by atoms with Crippen LogP contribution in [0.3, 0.4) is 0 Å². The smallest absolute Gasteiger partial charge is 0.0190 e. The van der Waals surface area contributed by atoms with Crippen molar-refractivity contribution in [1.82, 2.24) is 0 Å². The van der Waals surface area contributed by atoms with Gasteiger partial charge in [0.15, 0.2) is 0 Å². The molecular formula is C19H30. The second-order valence-corrected chi connectivity index (χ2v) is 7.88. The van der Waals surface area contributed by atoms with Gasteiger partial charge in [-0.05, 0) is 66.0 Å². The first-order chi connectivity index (χ1) is 8.85. The van der Waals surface area contributed by atoms with E-state index in [1.807, 2.05) is 0 Å². The van der Waals surface area contributed by atoms with Crippen LogP contribution in [0.1, 0.15) is 76.5 Å². The van der Waals surface area contributed by atoms with E-state index in [0.717, 1.165) is 5.92 Å². The zero-order chi connectivity index (χ0) is 14.0. The molecule has 106 valence electrons. The van der Waals surface area contributed by atoms with E-state index in [0.29, 0.717) is 11.3 Å². The number of fused-ring (bicyclic) bond motifs is 1. The maximum Gasteiger partial charge on any atom is -0.0190 e. The second-order valence-electron chi connectivity index (χ2n) is 7.88. The molecule has 0 fully saturated rings. The summed E-state index contributed by atoms with van der Waals surface area (Å²) >= 11 is 0.